The number of amides is 1. The molecule has 0 saturated heterocycles. The summed E-state index contributed by atoms with van der Waals surface area (Å²) in [6, 6.07) is 13.8. The number of nitrogens with one attached hydrogen (secondary N) is 1. The Kier molecular flexibility index (Phi) is 7.06. The SMILES string of the molecule is COc1ccc(NC(=O)CCCN(c2cccc(OC)c2)S(C)(=O)=O)cc1. The highest BCUT2D eigenvalue weighted by molar-refractivity contribution is 7.92. The summed E-state index contributed by atoms with van der Waals surface area (Å²) in [7, 11) is -0.381. The van der Waals surface area contributed by atoms with Crippen molar-refractivity contribution in [1.82, 2.24) is 0 Å². The van der Waals surface area contributed by atoms with Crippen molar-refractivity contribution in [2.75, 3.05) is 36.6 Å². The summed E-state index contributed by atoms with van der Waals surface area (Å²) in [6.45, 7) is 0.196. The van der Waals surface area contributed by atoms with Crippen LogP contribution in [0.1, 0.15) is 12.8 Å². The fraction of sp³-hybridized carbons (Fsp3) is 0.316. The smallest absolute Gasteiger partial charge is 0.232 e. The highest BCUT2D eigenvalue weighted by atomic mass is 32.2. The molecule has 0 unspecified atom stereocenters. The molecule has 0 aliphatic rings. The van der Waals surface area contributed by atoms with Crippen LogP contribution in [0, 0.1) is 0 Å². The van der Waals surface area contributed by atoms with Crippen molar-refractivity contribution in [3.63, 3.8) is 0 Å². The average Bonchev–Trinajstić information content (AvgIpc) is 2.65. The lowest BCUT2D eigenvalue weighted by Crippen LogP contribution is -2.31. The molecule has 146 valence electrons. The topological polar surface area (TPSA) is 84.9 Å². The molecule has 0 saturated carbocycles. The fourth-order valence-electron chi connectivity index (χ4n) is 2.53. The minimum absolute atomic E-state index is 0.181. The normalized spacial score (nSPS) is 10.9. The highest BCUT2D eigenvalue weighted by Gasteiger charge is 2.18. The van der Waals surface area contributed by atoms with E-state index in [9.17, 15) is 13.2 Å². The van der Waals surface area contributed by atoms with Crippen LogP contribution >= 0.6 is 0 Å². The van der Waals surface area contributed by atoms with E-state index in [0.29, 0.717) is 29.3 Å². The van der Waals surface area contributed by atoms with E-state index in [4.69, 9.17) is 9.47 Å². The maximum Gasteiger partial charge on any atom is 0.232 e. The van der Waals surface area contributed by atoms with Crippen LogP contribution in [0.3, 0.4) is 0 Å². The first-order valence-electron chi connectivity index (χ1n) is 8.39. The van der Waals surface area contributed by atoms with E-state index in [1.807, 2.05) is 0 Å². The second-order valence-corrected chi connectivity index (χ2v) is 7.82. The molecule has 2 aromatic carbocycles. The van der Waals surface area contributed by atoms with Gasteiger partial charge >= 0.3 is 0 Å². The van der Waals surface area contributed by atoms with Gasteiger partial charge < -0.3 is 14.8 Å². The van der Waals surface area contributed by atoms with Gasteiger partial charge in [0.15, 0.2) is 0 Å². The van der Waals surface area contributed by atoms with Gasteiger partial charge in [-0.1, -0.05) is 6.07 Å². The van der Waals surface area contributed by atoms with Gasteiger partial charge in [-0.15, -0.1) is 0 Å². The number of hydrogen-bond acceptors (Lipinski definition) is 5. The zero-order valence-electron chi connectivity index (χ0n) is 15.6. The number of rotatable bonds is 9. The maximum atomic E-state index is 12.1. The summed E-state index contributed by atoms with van der Waals surface area (Å²) in [5.74, 6) is 1.09. The second kappa shape index (κ2) is 9.27. The largest absolute Gasteiger partial charge is 0.497 e. The van der Waals surface area contributed by atoms with Crippen molar-refractivity contribution in [2.45, 2.75) is 12.8 Å². The lowest BCUT2D eigenvalue weighted by molar-refractivity contribution is -0.116. The molecule has 0 aromatic heterocycles. The predicted octanol–water partition coefficient (Wildman–Crippen LogP) is 2.89. The summed E-state index contributed by atoms with van der Waals surface area (Å²) in [6.07, 6.45) is 1.72. The predicted molar refractivity (Wildman–Crippen MR) is 106 cm³/mol. The monoisotopic (exact) mass is 392 g/mol. The van der Waals surface area contributed by atoms with E-state index in [2.05, 4.69) is 5.32 Å². The van der Waals surface area contributed by atoms with Crippen molar-refractivity contribution >= 4 is 27.3 Å². The number of ether oxygens (including phenoxy) is 2. The minimum atomic E-state index is -3.48. The molecule has 27 heavy (non-hydrogen) atoms. The van der Waals surface area contributed by atoms with Crippen LogP contribution in [0.5, 0.6) is 11.5 Å². The Morgan fingerprint density at radius 1 is 1.04 bits per heavy atom. The molecule has 0 aliphatic heterocycles. The molecule has 0 spiro atoms. The summed E-state index contributed by atoms with van der Waals surface area (Å²) in [4.78, 5) is 12.1. The Morgan fingerprint density at radius 2 is 1.70 bits per heavy atom. The number of benzene rings is 2. The molecular weight excluding hydrogens is 368 g/mol. The van der Waals surface area contributed by atoms with E-state index in [-0.39, 0.29) is 18.9 Å². The van der Waals surface area contributed by atoms with Crippen LogP contribution < -0.4 is 19.1 Å². The first kappa shape index (κ1) is 20.6. The number of carbonyl (C=O) groups excluding carboxylic acids is 1. The van der Waals surface area contributed by atoms with Crippen molar-refractivity contribution in [3.05, 3.63) is 48.5 Å². The summed E-state index contributed by atoms with van der Waals surface area (Å²) in [5, 5.41) is 2.78. The highest BCUT2D eigenvalue weighted by Crippen LogP contribution is 2.23. The van der Waals surface area contributed by atoms with E-state index < -0.39 is 10.0 Å². The third-order valence-electron chi connectivity index (χ3n) is 3.88. The standard InChI is InChI=1S/C19H24N2O5S/c1-25-17-11-9-15(10-12-17)20-19(22)8-5-13-21(27(3,23)24)16-6-4-7-18(14-16)26-2/h4,6-7,9-12,14H,5,8,13H2,1-3H3,(H,20,22). The molecule has 1 N–H and O–H groups in total. The summed E-state index contributed by atoms with van der Waals surface area (Å²) >= 11 is 0. The molecule has 7 nitrogen and oxygen atoms in total. The van der Waals surface area contributed by atoms with Gasteiger partial charge in [-0.3, -0.25) is 9.10 Å². The van der Waals surface area contributed by atoms with Gasteiger partial charge in [-0.2, -0.15) is 0 Å². The Morgan fingerprint density at radius 3 is 2.30 bits per heavy atom. The van der Waals surface area contributed by atoms with E-state index in [1.165, 1.54) is 11.4 Å². The van der Waals surface area contributed by atoms with Gasteiger partial charge in [0.05, 0.1) is 26.2 Å². The van der Waals surface area contributed by atoms with Crippen molar-refractivity contribution < 1.29 is 22.7 Å². The number of nitrogens with zero attached hydrogens (tertiary/aromatic N) is 1. The van der Waals surface area contributed by atoms with Gasteiger partial charge in [-0.25, -0.2) is 8.42 Å². The molecule has 2 aromatic rings. The third-order valence-corrected chi connectivity index (χ3v) is 5.07. The van der Waals surface area contributed by atoms with Gasteiger partial charge in [0.1, 0.15) is 11.5 Å². The average molecular weight is 392 g/mol. The zero-order valence-corrected chi connectivity index (χ0v) is 16.5. The number of carbonyl (C=O) groups is 1. The Balaban J connectivity index is 1.95. The first-order chi connectivity index (χ1) is 12.8. The molecule has 1 amide bonds. The van der Waals surface area contributed by atoms with Crippen LogP contribution in [-0.4, -0.2) is 41.3 Å². The molecular formula is C19H24N2O5S. The van der Waals surface area contributed by atoms with Crippen LogP contribution in [-0.2, 0) is 14.8 Å². The summed E-state index contributed by atoms with van der Waals surface area (Å²) in [5.41, 5.74) is 1.17. The van der Waals surface area contributed by atoms with Crippen LogP contribution in [0.25, 0.3) is 0 Å². The lowest BCUT2D eigenvalue weighted by atomic mass is 10.2. The van der Waals surface area contributed by atoms with Gasteiger partial charge in [-0.05, 0) is 42.8 Å². The Bertz CT molecular complexity index is 866. The van der Waals surface area contributed by atoms with Crippen molar-refractivity contribution in [2.24, 2.45) is 0 Å². The molecule has 0 bridgehead atoms. The molecule has 0 atom stereocenters. The Hall–Kier alpha value is -2.74. The van der Waals surface area contributed by atoms with E-state index in [1.54, 1.807) is 55.6 Å². The number of anilines is 2. The number of methoxy groups -OCH3 is 2. The quantitative estimate of drug-likeness (QED) is 0.709. The van der Waals surface area contributed by atoms with E-state index in [0.717, 1.165) is 6.26 Å². The summed E-state index contributed by atoms with van der Waals surface area (Å²) < 4.78 is 35.8. The van der Waals surface area contributed by atoms with Crippen molar-refractivity contribution in [1.29, 1.82) is 0 Å². The molecule has 0 radical (unpaired) electrons. The maximum absolute atomic E-state index is 12.1. The Labute approximate surface area is 160 Å². The third kappa shape index (κ3) is 6.18. The number of hydrogen-bond donors (Lipinski definition) is 1. The number of sulfonamides is 1. The van der Waals surface area contributed by atoms with Gasteiger partial charge in [0, 0.05) is 24.7 Å². The zero-order chi connectivity index (χ0) is 19.9. The van der Waals surface area contributed by atoms with Crippen LogP contribution in [0.15, 0.2) is 48.5 Å². The fourth-order valence-corrected chi connectivity index (χ4v) is 3.49. The molecule has 2 rings (SSSR count). The van der Waals surface area contributed by atoms with Gasteiger partial charge in [0.25, 0.3) is 0 Å². The van der Waals surface area contributed by atoms with Crippen LogP contribution in [0.4, 0.5) is 11.4 Å². The molecule has 0 heterocycles. The first-order valence-corrected chi connectivity index (χ1v) is 10.2. The minimum Gasteiger partial charge on any atom is -0.497 e. The molecule has 0 aliphatic carbocycles. The lowest BCUT2D eigenvalue weighted by Gasteiger charge is -2.22. The van der Waals surface area contributed by atoms with E-state index >= 15 is 0 Å². The van der Waals surface area contributed by atoms with Crippen molar-refractivity contribution in [3.8, 4) is 11.5 Å². The van der Waals surface area contributed by atoms with Gasteiger partial charge in [0.2, 0.25) is 15.9 Å². The molecule has 0 fully saturated rings. The second-order valence-electron chi connectivity index (χ2n) is 5.92. The van der Waals surface area contributed by atoms with Crippen LogP contribution in [0.2, 0.25) is 0 Å². The molecule has 8 heteroatoms.